The summed E-state index contributed by atoms with van der Waals surface area (Å²) in [4.78, 5) is 5.14. The molecule has 2 N–H and O–H groups in total. The quantitative estimate of drug-likeness (QED) is 0.682. The molecule has 3 aliphatic rings. The van der Waals surface area contributed by atoms with E-state index in [9.17, 15) is 8.78 Å². The molecular formula is C20H28F2N4OS. The number of fused-ring (bicyclic) bond motifs is 2. The van der Waals surface area contributed by atoms with Gasteiger partial charge < -0.3 is 10.1 Å². The number of rotatable bonds is 6. The molecule has 2 fully saturated rings. The summed E-state index contributed by atoms with van der Waals surface area (Å²) in [6.45, 7) is 5.18. The topological polar surface area (TPSA) is 60.7 Å². The first-order valence-corrected chi connectivity index (χ1v) is 11.0. The number of piperidine rings is 1. The molecule has 0 amide bonds. The van der Waals surface area contributed by atoms with Gasteiger partial charge in [0.05, 0.1) is 23.9 Å². The van der Waals surface area contributed by atoms with Gasteiger partial charge in [-0.15, -0.1) is 11.3 Å². The van der Waals surface area contributed by atoms with Crippen molar-refractivity contribution in [3.63, 3.8) is 0 Å². The van der Waals surface area contributed by atoms with Gasteiger partial charge in [-0.3, -0.25) is 4.90 Å². The number of ether oxygens (including phenoxy) is 1. The van der Waals surface area contributed by atoms with E-state index in [4.69, 9.17) is 10.3 Å². The van der Waals surface area contributed by atoms with Crippen LogP contribution in [-0.4, -0.2) is 43.1 Å². The molecule has 3 heterocycles. The maximum Gasteiger partial charge on any atom is 0.267 e. The van der Waals surface area contributed by atoms with E-state index < -0.39 is 12.0 Å². The minimum Gasteiger partial charge on any atom is -0.381 e. The Bertz CT molecular complexity index is 755. The second-order valence-corrected chi connectivity index (χ2v) is 9.26. The smallest absolute Gasteiger partial charge is 0.267 e. The molecule has 1 aromatic rings. The summed E-state index contributed by atoms with van der Waals surface area (Å²) >= 11 is 1.92. The summed E-state index contributed by atoms with van der Waals surface area (Å²) in [6, 6.07) is 1.51. The Morgan fingerprint density at radius 2 is 2.21 bits per heavy atom. The fraction of sp³-hybridized carbons (Fsp3) is 0.700. The predicted octanol–water partition coefficient (Wildman–Crippen LogP) is 4.43. The molecule has 1 saturated carbocycles. The van der Waals surface area contributed by atoms with Crippen LogP contribution in [0.5, 0.6) is 0 Å². The summed E-state index contributed by atoms with van der Waals surface area (Å²) < 4.78 is 33.1. The number of halogens is 2. The zero-order valence-corrected chi connectivity index (χ0v) is 17.1. The summed E-state index contributed by atoms with van der Waals surface area (Å²) in [5.41, 5.74) is 9.09. The molecular weight excluding hydrogens is 382 g/mol. The third-order valence-corrected chi connectivity index (χ3v) is 7.67. The van der Waals surface area contributed by atoms with Crippen molar-refractivity contribution in [1.82, 2.24) is 10.2 Å². The van der Waals surface area contributed by atoms with Gasteiger partial charge in [0.2, 0.25) is 0 Å². The SMILES string of the molecule is CCc1cc2c(s1)CCOC21CCN(C/C(=C/NC2CCC2(F)F)N=N)CC1. The molecule has 0 radical (unpaired) electrons. The minimum atomic E-state index is -2.64. The third kappa shape index (κ3) is 3.74. The van der Waals surface area contributed by atoms with Crippen molar-refractivity contribution >= 4 is 11.3 Å². The van der Waals surface area contributed by atoms with E-state index >= 15 is 0 Å². The van der Waals surface area contributed by atoms with E-state index in [0.29, 0.717) is 18.7 Å². The van der Waals surface area contributed by atoms with E-state index in [1.54, 1.807) is 0 Å². The maximum atomic E-state index is 13.4. The standard InChI is InChI=1S/C20H28F2N4OS/c1-2-15-11-16-17(28-15)4-10-27-19(16)6-8-26(9-7-19)13-14(25-23)12-24-18-3-5-20(18,21)22/h11-12,18,23-24H,2-10,13H2,1H3/b14-12-,25-23?. The number of nitrogens with one attached hydrogen (secondary N) is 2. The van der Waals surface area contributed by atoms with Crippen LogP contribution in [0, 0.1) is 5.53 Å². The molecule has 154 valence electrons. The van der Waals surface area contributed by atoms with Crippen molar-refractivity contribution in [1.29, 1.82) is 5.53 Å². The highest BCUT2D eigenvalue weighted by atomic mass is 32.1. The lowest BCUT2D eigenvalue weighted by Gasteiger charge is -2.44. The van der Waals surface area contributed by atoms with Crippen molar-refractivity contribution in [3.05, 3.63) is 33.3 Å². The first-order chi connectivity index (χ1) is 13.5. The van der Waals surface area contributed by atoms with Gasteiger partial charge in [0.15, 0.2) is 0 Å². The molecule has 1 aliphatic carbocycles. The van der Waals surface area contributed by atoms with Crippen molar-refractivity contribution < 1.29 is 13.5 Å². The molecule has 28 heavy (non-hydrogen) atoms. The zero-order valence-electron chi connectivity index (χ0n) is 16.3. The third-order valence-electron chi connectivity index (χ3n) is 6.33. The number of hydrogen-bond donors (Lipinski definition) is 2. The van der Waals surface area contributed by atoms with Crippen molar-refractivity contribution in [2.45, 2.75) is 63.0 Å². The summed E-state index contributed by atoms with van der Waals surface area (Å²) in [5.74, 6) is -2.64. The second-order valence-electron chi connectivity index (χ2n) is 8.04. The Balaban J connectivity index is 1.37. The van der Waals surface area contributed by atoms with E-state index in [-0.39, 0.29) is 12.0 Å². The highest BCUT2D eigenvalue weighted by Crippen LogP contribution is 2.44. The Morgan fingerprint density at radius 3 is 2.82 bits per heavy atom. The zero-order chi connectivity index (χ0) is 19.8. The molecule has 8 heteroatoms. The molecule has 1 spiro atoms. The average molecular weight is 411 g/mol. The van der Waals surface area contributed by atoms with Crippen LogP contribution in [-0.2, 0) is 23.2 Å². The normalized spacial score (nSPS) is 26.5. The molecule has 0 aromatic carbocycles. The second kappa shape index (κ2) is 7.80. The van der Waals surface area contributed by atoms with E-state index in [1.165, 1.54) is 21.5 Å². The Kier molecular flexibility index (Phi) is 5.55. The van der Waals surface area contributed by atoms with Crippen LogP contribution in [0.4, 0.5) is 8.78 Å². The summed E-state index contributed by atoms with van der Waals surface area (Å²) in [7, 11) is 0. The van der Waals surface area contributed by atoms with Gasteiger partial charge in [-0.05, 0) is 37.3 Å². The Hall–Kier alpha value is -1.38. The molecule has 2 aliphatic heterocycles. The lowest BCUT2D eigenvalue weighted by Crippen LogP contribution is -2.51. The monoisotopic (exact) mass is 410 g/mol. The van der Waals surface area contributed by atoms with Crippen LogP contribution < -0.4 is 5.32 Å². The molecule has 1 atom stereocenters. The van der Waals surface area contributed by atoms with E-state index in [1.807, 2.05) is 11.3 Å². The van der Waals surface area contributed by atoms with Gasteiger partial charge in [0, 0.05) is 48.4 Å². The molecule has 1 unspecified atom stereocenters. The Morgan fingerprint density at radius 1 is 1.43 bits per heavy atom. The van der Waals surface area contributed by atoms with Gasteiger partial charge >= 0.3 is 0 Å². The van der Waals surface area contributed by atoms with Crippen LogP contribution in [0.1, 0.15) is 47.9 Å². The number of aryl methyl sites for hydroxylation is 1. The van der Waals surface area contributed by atoms with Crippen molar-refractivity contribution in [2.24, 2.45) is 5.11 Å². The van der Waals surface area contributed by atoms with Gasteiger partial charge in [0.25, 0.3) is 5.92 Å². The van der Waals surface area contributed by atoms with Crippen molar-refractivity contribution in [3.8, 4) is 0 Å². The Labute approximate surface area is 168 Å². The lowest BCUT2D eigenvalue weighted by molar-refractivity contribution is -0.101. The predicted molar refractivity (Wildman–Crippen MR) is 105 cm³/mol. The molecule has 5 nitrogen and oxygen atoms in total. The summed E-state index contributed by atoms with van der Waals surface area (Å²) in [5, 5.41) is 6.30. The largest absolute Gasteiger partial charge is 0.381 e. The molecule has 0 bridgehead atoms. The van der Waals surface area contributed by atoms with Crippen LogP contribution in [0.2, 0.25) is 0 Å². The fourth-order valence-corrected chi connectivity index (χ4v) is 5.56. The van der Waals surface area contributed by atoms with Gasteiger partial charge in [0.1, 0.15) is 0 Å². The number of likely N-dealkylation sites (tertiary alicyclic amines) is 1. The molecule has 1 aromatic heterocycles. The van der Waals surface area contributed by atoms with Gasteiger partial charge in [-0.1, -0.05) is 6.92 Å². The maximum absolute atomic E-state index is 13.4. The van der Waals surface area contributed by atoms with Gasteiger partial charge in [-0.2, -0.15) is 5.11 Å². The van der Waals surface area contributed by atoms with Crippen LogP contribution in [0.15, 0.2) is 23.1 Å². The first kappa shape index (κ1) is 19.9. The van der Waals surface area contributed by atoms with Crippen LogP contribution in [0.3, 0.4) is 0 Å². The lowest BCUT2D eigenvalue weighted by atomic mass is 9.82. The van der Waals surface area contributed by atoms with E-state index in [0.717, 1.165) is 45.4 Å². The minimum absolute atomic E-state index is 0.0651. The fourth-order valence-electron chi connectivity index (χ4n) is 4.38. The van der Waals surface area contributed by atoms with Crippen LogP contribution >= 0.6 is 11.3 Å². The number of thiophene rings is 1. The number of nitrogens with zero attached hydrogens (tertiary/aromatic N) is 2. The average Bonchev–Trinajstić information content (AvgIpc) is 3.13. The van der Waals surface area contributed by atoms with Crippen molar-refractivity contribution in [2.75, 3.05) is 26.2 Å². The summed E-state index contributed by atoms with van der Waals surface area (Å²) in [6.07, 6.45) is 5.79. The number of alkyl halides is 2. The van der Waals surface area contributed by atoms with Gasteiger partial charge in [-0.25, -0.2) is 14.3 Å². The highest BCUT2D eigenvalue weighted by molar-refractivity contribution is 7.12. The molecule has 1 saturated heterocycles. The first-order valence-electron chi connectivity index (χ1n) is 10.1. The highest BCUT2D eigenvalue weighted by Gasteiger charge is 2.48. The van der Waals surface area contributed by atoms with E-state index in [2.05, 4.69) is 28.3 Å². The number of hydrogen-bond acceptors (Lipinski definition) is 6. The van der Waals surface area contributed by atoms with Crippen LogP contribution in [0.25, 0.3) is 0 Å². The molecule has 4 rings (SSSR count).